The van der Waals surface area contributed by atoms with Crippen LogP contribution in [0.5, 0.6) is 0 Å². The van der Waals surface area contributed by atoms with Crippen molar-refractivity contribution < 1.29 is 9.31 Å². The molecule has 0 heterocycles. The number of rotatable bonds is 1. The maximum Gasteiger partial charge on any atom is 0.271 e. The highest BCUT2D eigenvalue weighted by atomic mass is 19.1. The van der Waals surface area contributed by atoms with Crippen LogP contribution in [0.1, 0.15) is 13.8 Å². The van der Waals surface area contributed by atoms with Gasteiger partial charge >= 0.3 is 0 Å². The van der Waals surface area contributed by atoms with Crippen LogP contribution in [0.3, 0.4) is 0 Å². The highest BCUT2D eigenvalue weighted by Crippen LogP contribution is 2.17. The molecule has 0 aliphatic heterocycles. The Balaban J connectivity index is 0. The van der Waals surface area contributed by atoms with Crippen LogP contribution in [-0.4, -0.2) is 12.8 Å². The van der Waals surface area contributed by atoms with Crippen LogP contribution >= 0.6 is 0 Å². The van der Waals surface area contributed by atoms with Gasteiger partial charge in [0.15, 0.2) is 0 Å². The van der Waals surface area contributed by atoms with E-state index in [-0.39, 0.29) is 11.4 Å². The lowest BCUT2D eigenvalue weighted by Crippen LogP contribution is -1.93. The lowest BCUT2D eigenvalue weighted by atomic mass is 10.2. The van der Waals surface area contributed by atoms with E-state index in [0.29, 0.717) is 0 Å². The predicted molar refractivity (Wildman–Crippen MR) is 60.4 cm³/mol. The molecule has 6 heteroatoms. The van der Waals surface area contributed by atoms with Crippen molar-refractivity contribution in [3.63, 3.8) is 0 Å². The van der Waals surface area contributed by atoms with Gasteiger partial charge < -0.3 is 5.73 Å². The van der Waals surface area contributed by atoms with E-state index >= 15 is 0 Å². The van der Waals surface area contributed by atoms with E-state index < -0.39 is 10.7 Å². The summed E-state index contributed by atoms with van der Waals surface area (Å²) in [4.78, 5) is 9.46. The molecule has 1 rings (SSSR count). The van der Waals surface area contributed by atoms with Gasteiger partial charge in [-0.2, -0.15) is 0 Å². The number of nitrogen functional groups attached to an aromatic ring is 1. The van der Waals surface area contributed by atoms with Gasteiger partial charge in [-0.15, -0.1) is 0 Å². The second kappa shape index (κ2) is 8.99. The zero-order valence-electron chi connectivity index (χ0n) is 9.03. The first-order valence-corrected chi connectivity index (χ1v) is 4.38. The molecule has 0 saturated heterocycles. The fourth-order valence-electron chi connectivity index (χ4n) is 0.645. The van der Waals surface area contributed by atoms with Gasteiger partial charge in [0.25, 0.3) is 5.69 Å². The topological polar surface area (TPSA) is 69.2 Å². The molecular formula is C9H14BFN2O2. The van der Waals surface area contributed by atoms with Crippen molar-refractivity contribution in [1.82, 2.24) is 0 Å². The van der Waals surface area contributed by atoms with Crippen LogP contribution in [0.2, 0.25) is 6.82 Å². The molecule has 2 N–H and O–H groups in total. The summed E-state index contributed by atoms with van der Waals surface area (Å²) in [6.07, 6.45) is 0. The molecule has 0 bridgehead atoms. The van der Waals surface area contributed by atoms with E-state index in [2.05, 4.69) is 7.85 Å². The third kappa shape index (κ3) is 5.67. The van der Waals surface area contributed by atoms with Crippen LogP contribution in [0, 0.1) is 15.9 Å². The maximum absolute atomic E-state index is 12.4. The number of nitrogens with zero attached hydrogens (tertiary/aromatic N) is 1. The van der Waals surface area contributed by atoms with Crippen molar-refractivity contribution in [2.45, 2.75) is 20.7 Å². The van der Waals surface area contributed by atoms with E-state index in [4.69, 9.17) is 5.73 Å². The van der Waals surface area contributed by atoms with Crippen LogP contribution in [0.15, 0.2) is 18.2 Å². The third-order valence-electron chi connectivity index (χ3n) is 1.19. The molecular weight excluding hydrogens is 198 g/mol. The van der Waals surface area contributed by atoms with E-state index in [9.17, 15) is 14.5 Å². The maximum atomic E-state index is 12.4. The Hall–Kier alpha value is -1.59. The van der Waals surface area contributed by atoms with E-state index in [1.165, 1.54) is 6.82 Å². The monoisotopic (exact) mass is 212 g/mol. The quantitative estimate of drug-likeness (QED) is 0.336. The Bertz CT molecular complexity index is 308. The molecule has 4 nitrogen and oxygen atoms in total. The summed E-state index contributed by atoms with van der Waals surface area (Å²) in [5.74, 6) is -0.643. The average molecular weight is 212 g/mol. The summed E-state index contributed by atoms with van der Waals surface area (Å²) in [5, 5.41) is 10.1. The molecule has 2 radical (unpaired) electrons. The minimum absolute atomic E-state index is 0.205. The molecule has 15 heavy (non-hydrogen) atoms. The summed E-state index contributed by atoms with van der Waals surface area (Å²) in [7, 11) is 4.50. The summed E-state index contributed by atoms with van der Waals surface area (Å²) >= 11 is 0. The number of hydrogen-bond donors (Lipinski definition) is 1. The number of hydrogen-bond acceptors (Lipinski definition) is 3. The van der Waals surface area contributed by atoms with Gasteiger partial charge in [0, 0.05) is 12.1 Å². The number of nitrogens with two attached hydrogens (primary N) is 1. The Morgan fingerprint density at radius 3 is 2.20 bits per heavy atom. The van der Waals surface area contributed by atoms with Crippen LogP contribution in [0.25, 0.3) is 0 Å². The number of benzene rings is 1. The molecule has 0 spiro atoms. The van der Waals surface area contributed by atoms with Gasteiger partial charge in [-0.05, 0) is 6.07 Å². The summed E-state index contributed by atoms with van der Waals surface area (Å²) in [6, 6.07) is 3.01. The number of nitro groups is 1. The van der Waals surface area contributed by atoms with Crippen molar-refractivity contribution in [2.24, 2.45) is 0 Å². The molecule has 1 aromatic rings. The first-order chi connectivity index (χ1) is 7.11. The zero-order valence-corrected chi connectivity index (χ0v) is 9.03. The third-order valence-corrected chi connectivity index (χ3v) is 1.19. The standard InChI is InChI=1S/C6H5FN2O2.C2H6.CH3B/c7-5-2-1-4(9(10)11)3-6(5)8;2*1-2/h1-3H,8H2;1-2H3;1H3. The molecule has 0 amide bonds. The zero-order chi connectivity index (χ0) is 12.4. The summed E-state index contributed by atoms with van der Waals surface area (Å²) in [5.41, 5.74) is 4.67. The number of nitro benzene ring substituents is 1. The molecule has 0 fully saturated rings. The predicted octanol–water partition coefficient (Wildman–Crippen LogP) is 2.55. The van der Waals surface area contributed by atoms with Gasteiger partial charge in [-0.3, -0.25) is 10.1 Å². The van der Waals surface area contributed by atoms with E-state index in [0.717, 1.165) is 18.2 Å². The van der Waals surface area contributed by atoms with Gasteiger partial charge in [0.2, 0.25) is 0 Å². The number of anilines is 1. The second-order valence-corrected chi connectivity index (χ2v) is 1.96. The first-order valence-electron chi connectivity index (χ1n) is 4.38. The van der Waals surface area contributed by atoms with Gasteiger partial charge in [0.1, 0.15) is 5.82 Å². The number of non-ortho nitro benzene ring substituents is 1. The molecule has 82 valence electrons. The normalized spacial score (nSPS) is 7.73. The highest BCUT2D eigenvalue weighted by molar-refractivity contribution is 6.05. The lowest BCUT2D eigenvalue weighted by Gasteiger charge is -1.94. The summed E-state index contributed by atoms with van der Waals surface area (Å²) < 4.78 is 12.4. The van der Waals surface area contributed by atoms with Gasteiger partial charge in [0.05, 0.1) is 18.5 Å². The largest absolute Gasteiger partial charge is 0.396 e. The average Bonchev–Trinajstić information content (AvgIpc) is 2.27. The minimum atomic E-state index is -0.643. The van der Waals surface area contributed by atoms with Crippen molar-refractivity contribution in [1.29, 1.82) is 0 Å². The lowest BCUT2D eigenvalue weighted by molar-refractivity contribution is -0.384. The van der Waals surface area contributed by atoms with Gasteiger partial charge in [-0.25, -0.2) is 4.39 Å². The fourth-order valence-corrected chi connectivity index (χ4v) is 0.645. The fraction of sp³-hybridized carbons (Fsp3) is 0.333. The Kier molecular flexibility index (Phi) is 9.51. The molecule has 1 aromatic carbocycles. The molecule has 0 unspecified atom stereocenters. The van der Waals surface area contributed by atoms with Crippen molar-refractivity contribution in [3.05, 3.63) is 34.1 Å². The molecule has 0 aliphatic carbocycles. The molecule has 0 atom stereocenters. The Morgan fingerprint density at radius 1 is 1.40 bits per heavy atom. The summed E-state index contributed by atoms with van der Waals surface area (Å²) in [6.45, 7) is 5.50. The van der Waals surface area contributed by atoms with Gasteiger partial charge in [-0.1, -0.05) is 20.7 Å². The van der Waals surface area contributed by atoms with Crippen LogP contribution in [0.4, 0.5) is 15.8 Å². The second-order valence-electron chi connectivity index (χ2n) is 1.96. The number of halogens is 1. The highest BCUT2D eigenvalue weighted by Gasteiger charge is 2.07. The SMILES string of the molecule is CC.Nc1cc([N+](=O)[O-])ccc1F.[B]C. The Morgan fingerprint density at radius 2 is 1.87 bits per heavy atom. The van der Waals surface area contributed by atoms with Crippen LogP contribution < -0.4 is 5.73 Å². The van der Waals surface area contributed by atoms with E-state index in [1.54, 1.807) is 0 Å². The van der Waals surface area contributed by atoms with Crippen LogP contribution in [-0.2, 0) is 0 Å². The minimum Gasteiger partial charge on any atom is -0.396 e. The molecule has 0 aromatic heterocycles. The first kappa shape index (κ1) is 15.9. The van der Waals surface area contributed by atoms with Crippen molar-refractivity contribution in [3.8, 4) is 0 Å². The smallest absolute Gasteiger partial charge is 0.271 e. The molecule has 0 saturated carbocycles. The van der Waals surface area contributed by atoms with E-state index in [1.807, 2.05) is 13.8 Å². The Labute approximate surface area is 89.8 Å². The molecule has 0 aliphatic rings. The van der Waals surface area contributed by atoms with Crippen molar-refractivity contribution in [2.75, 3.05) is 5.73 Å². The van der Waals surface area contributed by atoms with Crippen molar-refractivity contribution >= 4 is 19.2 Å².